The van der Waals surface area contributed by atoms with Crippen molar-refractivity contribution in [2.45, 2.75) is 32.2 Å². The quantitative estimate of drug-likeness (QED) is 0.938. The highest BCUT2D eigenvalue weighted by molar-refractivity contribution is 5.75. The third kappa shape index (κ3) is 3.25. The van der Waals surface area contributed by atoms with E-state index in [0.717, 1.165) is 42.2 Å². The summed E-state index contributed by atoms with van der Waals surface area (Å²) < 4.78 is 10.5. The Labute approximate surface area is 131 Å². The molecule has 2 aromatic rings. The van der Waals surface area contributed by atoms with Crippen molar-refractivity contribution in [2.24, 2.45) is 0 Å². The summed E-state index contributed by atoms with van der Waals surface area (Å²) >= 11 is 0. The first-order valence-electron chi connectivity index (χ1n) is 7.88. The second kappa shape index (κ2) is 6.83. The lowest BCUT2D eigenvalue weighted by atomic mass is 10.0. The molecule has 0 radical (unpaired) electrons. The predicted molar refractivity (Wildman–Crippen MR) is 86.6 cm³/mol. The summed E-state index contributed by atoms with van der Waals surface area (Å²) in [4.78, 5) is 2.44. The van der Waals surface area contributed by atoms with Crippen LogP contribution in [0.4, 0.5) is 5.88 Å². The minimum absolute atomic E-state index is 0.384. The Hall–Kier alpha value is -2.01. The average Bonchev–Trinajstić information content (AvgIpc) is 2.75. The van der Waals surface area contributed by atoms with Gasteiger partial charge in [-0.1, -0.05) is 30.1 Å². The zero-order valence-electron chi connectivity index (χ0n) is 13.0. The van der Waals surface area contributed by atoms with E-state index in [9.17, 15) is 0 Å². The lowest BCUT2D eigenvalue weighted by Crippen LogP contribution is -2.24. The van der Waals surface area contributed by atoms with Gasteiger partial charge in [-0.05, 0) is 43.6 Å². The number of likely N-dealkylation sites (tertiary alicyclic amines) is 1. The monoisotopic (exact) mass is 301 g/mol. The molecule has 22 heavy (non-hydrogen) atoms. The zero-order valence-corrected chi connectivity index (χ0v) is 13.0. The van der Waals surface area contributed by atoms with E-state index in [-0.39, 0.29) is 0 Å². The fraction of sp³-hybridized carbons (Fsp3) is 0.471. The first kappa shape index (κ1) is 14.9. The predicted octanol–water partition coefficient (Wildman–Crippen LogP) is 3.31. The van der Waals surface area contributed by atoms with Gasteiger partial charge in [0.2, 0.25) is 5.88 Å². The van der Waals surface area contributed by atoms with Crippen LogP contribution < -0.4 is 10.5 Å². The smallest absolute Gasteiger partial charge is 0.230 e. The van der Waals surface area contributed by atoms with Gasteiger partial charge in [0.15, 0.2) is 0 Å². The van der Waals surface area contributed by atoms with Gasteiger partial charge >= 0.3 is 0 Å². The fourth-order valence-corrected chi connectivity index (χ4v) is 3.02. The molecule has 3 rings (SSSR count). The highest BCUT2D eigenvalue weighted by Crippen LogP contribution is 2.32. The number of hydrogen-bond donors (Lipinski definition) is 1. The van der Waals surface area contributed by atoms with E-state index in [0.29, 0.717) is 5.88 Å². The second-order valence-corrected chi connectivity index (χ2v) is 5.79. The molecule has 1 aliphatic rings. The number of nitrogens with two attached hydrogens (primary N) is 1. The van der Waals surface area contributed by atoms with Crippen molar-refractivity contribution in [2.75, 3.05) is 25.9 Å². The Morgan fingerprint density at radius 1 is 1.14 bits per heavy atom. The van der Waals surface area contributed by atoms with Gasteiger partial charge < -0.3 is 15.0 Å². The Morgan fingerprint density at radius 3 is 2.45 bits per heavy atom. The summed E-state index contributed by atoms with van der Waals surface area (Å²) in [7, 11) is 1.66. The summed E-state index contributed by atoms with van der Waals surface area (Å²) in [5, 5.41) is 4.19. The molecular weight excluding hydrogens is 278 g/mol. The molecule has 0 amide bonds. The van der Waals surface area contributed by atoms with E-state index < -0.39 is 0 Å². The van der Waals surface area contributed by atoms with Crippen LogP contribution >= 0.6 is 0 Å². The second-order valence-electron chi connectivity index (χ2n) is 5.79. The van der Waals surface area contributed by atoms with Gasteiger partial charge in [0.1, 0.15) is 11.4 Å². The van der Waals surface area contributed by atoms with Crippen LogP contribution in [0.2, 0.25) is 0 Å². The maximum atomic E-state index is 6.00. The molecule has 2 heterocycles. The van der Waals surface area contributed by atoms with Crippen LogP contribution in [0.25, 0.3) is 11.1 Å². The number of aromatic nitrogens is 1. The highest BCUT2D eigenvalue weighted by Gasteiger charge is 2.19. The molecule has 0 spiro atoms. The van der Waals surface area contributed by atoms with E-state index in [1.165, 1.54) is 25.7 Å². The number of ether oxygens (including phenoxy) is 1. The lowest BCUT2D eigenvalue weighted by Gasteiger charge is -2.18. The molecule has 2 N–H and O–H groups in total. The van der Waals surface area contributed by atoms with E-state index in [2.05, 4.69) is 10.1 Å². The van der Waals surface area contributed by atoms with E-state index in [1.807, 2.05) is 24.3 Å². The summed E-state index contributed by atoms with van der Waals surface area (Å²) in [5.41, 5.74) is 8.85. The van der Waals surface area contributed by atoms with Gasteiger partial charge in [0, 0.05) is 6.54 Å². The molecule has 1 aromatic carbocycles. The van der Waals surface area contributed by atoms with Gasteiger partial charge in [0.25, 0.3) is 0 Å². The molecule has 1 aliphatic heterocycles. The summed E-state index contributed by atoms with van der Waals surface area (Å²) in [6, 6.07) is 7.84. The molecule has 0 aliphatic carbocycles. The fourth-order valence-electron chi connectivity index (χ4n) is 3.02. The van der Waals surface area contributed by atoms with Gasteiger partial charge in [-0.3, -0.25) is 4.90 Å². The van der Waals surface area contributed by atoms with E-state index >= 15 is 0 Å². The number of benzene rings is 1. The van der Waals surface area contributed by atoms with Crippen molar-refractivity contribution in [3.63, 3.8) is 0 Å². The first-order valence-corrected chi connectivity index (χ1v) is 7.88. The Morgan fingerprint density at radius 2 is 1.82 bits per heavy atom. The van der Waals surface area contributed by atoms with Crippen LogP contribution in [-0.4, -0.2) is 30.3 Å². The molecule has 1 saturated heterocycles. The molecule has 5 nitrogen and oxygen atoms in total. The Bertz CT molecular complexity index is 599. The molecule has 0 unspecified atom stereocenters. The molecule has 118 valence electrons. The van der Waals surface area contributed by atoms with Gasteiger partial charge in [0.05, 0.1) is 12.7 Å². The van der Waals surface area contributed by atoms with Crippen molar-refractivity contribution in [1.29, 1.82) is 0 Å². The maximum Gasteiger partial charge on any atom is 0.230 e. The zero-order chi connectivity index (χ0) is 15.4. The van der Waals surface area contributed by atoms with E-state index in [1.54, 1.807) is 7.11 Å². The standard InChI is InChI=1S/C17H23N3O2/c1-21-14-8-6-13(7-9-14)16-15(19-22-17(16)18)12-20-10-4-2-3-5-11-20/h6-9H,2-5,10-12,18H2,1H3. The first-order chi connectivity index (χ1) is 10.8. The lowest BCUT2D eigenvalue weighted by molar-refractivity contribution is 0.267. The number of rotatable bonds is 4. The number of nitrogen functional groups attached to an aromatic ring is 1. The van der Waals surface area contributed by atoms with Gasteiger partial charge in [-0.2, -0.15) is 0 Å². The van der Waals surface area contributed by atoms with Gasteiger partial charge in [-0.15, -0.1) is 0 Å². The Balaban J connectivity index is 1.83. The molecule has 0 saturated carbocycles. The van der Waals surface area contributed by atoms with Gasteiger partial charge in [-0.25, -0.2) is 0 Å². The normalized spacial score (nSPS) is 16.4. The minimum atomic E-state index is 0.384. The number of methoxy groups -OCH3 is 1. The van der Waals surface area contributed by atoms with Crippen molar-refractivity contribution in [3.05, 3.63) is 30.0 Å². The minimum Gasteiger partial charge on any atom is -0.497 e. The van der Waals surface area contributed by atoms with Crippen LogP contribution in [0, 0.1) is 0 Å². The largest absolute Gasteiger partial charge is 0.497 e. The molecule has 5 heteroatoms. The third-order valence-corrected chi connectivity index (χ3v) is 4.24. The number of nitrogens with zero attached hydrogens (tertiary/aromatic N) is 2. The molecule has 0 bridgehead atoms. The maximum absolute atomic E-state index is 6.00. The highest BCUT2D eigenvalue weighted by atomic mass is 16.5. The van der Waals surface area contributed by atoms with Crippen molar-refractivity contribution < 1.29 is 9.26 Å². The van der Waals surface area contributed by atoms with Crippen molar-refractivity contribution >= 4 is 5.88 Å². The van der Waals surface area contributed by atoms with Crippen LogP contribution in [0.15, 0.2) is 28.8 Å². The molecule has 1 aromatic heterocycles. The van der Waals surface area contributed by atoms with Crippen LogP contribution in [-0.2, 0) is 6.54 Å². The van der Waals surface area contributed by atoms with Crippen LogP contribution in [0.5, 0.6) is 5.75 Å². The molecular formula is C17H23N3O2. The molecule has 1 fully saturated rings. The van der Waals surface area contributed by atoms with Crippen LogP contribution in [0.1, 0.15) is 31.4 Å². The number of anilines is 1. The van der Waals surface area contributed by atoms with Crippen molar-refractivity contribution in [1.82, 2.24) is 10.1 Å². The topological polar surface area (TPSA) is 64.5 Å². The SMILES string of the molecule is COc1ccc(-c2c(CN3CCCCCC3)noc2N)cc1. The van der Waals surface area contributed by atoms with Crippen molar-refractivity contribution in [3.8, 4) is 16.9 Å². The average molecular weight is 301 g/mol. The number of hydrogen-bond acceptors (Lipinski definition) is 5. The van der Waals surface area contributed by atoms with E-state index in [4.69, 9.17) is 15.0 Å². The molecule has 0 atom stereocenters. The van der Waals surface area contributed by atoms with Crippen LogP contribution in [0.3, 0.4) is 0 Å². The summed E-state index contributed by atoms with van der Waals surface area (Å²) in [6.45, 7) is 3.03. The summed E-state index contributed by atoms with van der Waals surface area (Å²) in [6.07, 6.45) is 5.15. The third-order valence-electron chi connectivity index (χ3n) is 4.24. The Kier molecular flexibility index (Phi) is 4.63. The summed E-state index contributed by atoms with van der Waals surface area (Å²) in [5.74, 6) is 1.21.